The maximum atomic E-state index is 12.6. The Morgan fingerprint density at radius 3 is 2.44 bits per heavy atom. The van der Waals surface area contributed by atoms with Crippen LogP contribution in [0.2, 0.25) is 0 Å². The third-order valence-corrected chi connectivity index (χ3v) is 4.24. The second kappa shape index (κ2) is 8.40. The van der Waals surface area contributed by atoms with E-state index in [2.05, 4.69) is 26.3 Å². The van der Waals surface area contributed by atoms with E-state index in [0.717, 1.165) is 29.8 Å². The molecule has 6 heteroatoms. The van der Waals surface area contributed by atoms with Crippen molar-refractivity contribution in [1.82, 2.24) is 15.0 Å². The number of rotatable bonds is 6. The molecule has 1 aromatic carbocycles. The number of benzene rings is 1. The van der Waals surface area contributed by atoms with Crippen LogP contribution in [-0.4, -0.2) is 34.5 Å². The molecule has 0 unspecified atom stereocenters. The summed E-state index contributed by atoms with van der Waals surface area (Å²) in [4.78, 5) is 27.0. The molecule has 6 nitrogen and oxygen atoms in total. The van der Waals surface area contributed by atoms with Crippen molar-refractivity contribution in [3.63, 3.8) is 0 Å². The molecular weight excluding hydrogens is 338 g/mol. The van der Waals surface area contributed by atoms with Crippen LogP contribution in [0.25, 0.3) is 0 Å². The maximum Gasteiger partial charge on any atom is 0.274 e. The van der Waals surface area contributed by atoms with E-state index in [0.29, 0.717) is 11.5 Å². The Balaban J connectivity index is 1.67. The lowest BCUT2D eigenvalue weighted by Gasteiger charge is -2.18. The summed E-state index contributed by atoms with van der Waals surface area (Å²) in [6.07, 6.45) is 5.87. The molecule has 0 fully saturated rings. The first kappa shape index (κ1) is 18.5. The van der Waals surface area contributed by atoms with Gasteiger partial charge in [-0.15, -0.1) is 0 Å². The molecule has 0 aliphatic rings. The molecule has 0 radical (unpaired) electrons. The molecule has 0 atom stereocenters. The lowest BCUT2D eigenvalue weighted by atomic mass is 10.1. The summed E-state index contributed by atoms with van der Waals surface area (Å²) in [5.74, 6) is 0.468. The summed E-state index contributed by atoms with van der Waals surface area (Å²) in [6.45, 7) is 4.78. The Hall–Kier alpha value is -3.28. The molecule has 2 heterocycles. The fourth-order valence-electron chi connectivity index (χ4n) is 2.88. The van der Waals surface area contributed by atoms with E-state index < -0.39 is 0 Å². The van der Waals surface area contributed by atoms with Crippen molar-refractivity contribution in [2.24, 2.45) is 0 Å². The van der Waals surface area contributed by atoms with Gasteiger partial charge in [-0.05, 0) is 61.2 Å². The first-order valence-corrected chi connectivity index (χ1v) is 8.83. The maximum absolute atomic E-state index is 12.6. The highest BCUT2D eigenvalue weighted by Gasteiger charge is 2.12. The fraction of sp³-hybridized carbons (Fsp3) is 0.238. The van der Waals surface area contributed by atoms with E-state index >= 15 is 0 Å². The van der Waals surface area contributed by atoms with Gasteiger partial charge in [0.05, 0.1) is 0 Å². The van der Waals surface area contributed by atoms with Crippen LogP contribution < -0.4 is 10.2 Å². The van der Waals surface area contributed by atoms with Gasteiger partial charge in [0.2, 0.25) is 0 Å². The van der Waals surface area contributed by atoms with Gasteiger partial charge in [0.25, 0.3) is 5.91 Å². The standard InChI is InChI=1S/C21H23N5O/c1-15-10-16(2)12-18(11-15)25-21(27)19-13-20(24-14-23-19)26(3)9-6-17-4-7-22-8-5-17/h4-5,7-8,10-14H,6,9H2,1-3H3,(H,25,27). The van der Waals surface area contributed by atoms with Crippen LogP contribution in [0.1, 0.15) is 27.2 Å². The molecule has 0 bridgehead atoms. The molecule has 3 rings (SSSR count). The lowest BCUT2D eigenvalue weighted by Crippen LogP contribution is -2.23. The summed E-state index contributed by atoms with van der Waals surface area (Å²) in [6, 6.07) is 11.6. The number of likely N-dealkylation sites (N-methyl/N-ethyl adjacent to an activating group) is 1. The molecule has 0 aliphatic carbocycles. The normalized spacial score (nSPS) is 10.5. The number of aromatic nitrogens is 3. The van der Waals surface area contributed by atoms with Crippen LogP contribution in [0.15, 0.2) is 55.1 Å². The molecule has 27 heavy (non-hydrogen) atoms. The first-order valence-electron chi connectivity index (χ1n) is 8.83. The second-order valence-corrected chi connectivity index (χ2v) is 6.62. The number of carbonyl (C=O) groups is 1. The number of nitrogens with zero attached hydrogens (tertiary/aromatic N) is 4. The Labute approximate surface area is 159 Å². The van der Waals surface area contributed by atoms with Gasteiger partial charge in [-0.25, -0.2) is 9.97 Å². The Morgan fingerprint density at radius 1 is 1.04 bits per heavy atom. The number of pyridine rings is 1. The predicted octanol–water partition coefficient (Wildman–Crippen LogP) is 3.42. The number of nitrogens with one attached hydrogen (secondary N) is 1. The van der Waals surface area contributed by atoms with E-state index in [1.165, 1.54) is 11.9 Å². The van der Waals surface area contributed by atoms with Crippen molar-refractivity contribution in [2.75, 3.05) is 23.8 Å². The predicted molar refractivity (Wildman–Crippen MR) is 107 cm³/mol. The molecule has 0 aliphatic heterocycles. The molecule has 138 valence electrons. The average Bonchev–Trinajstić information content (AvgIpc) is 2.66. The minimum atomic E-state index is -0.244. The smallest absolute Gasteiger partial charge is 0.274 e. The zero-order valence-electron chi connectivity index (χ0n) is 15.8. The van der Waals surface area contributed by atoms with Gasteiger partial charge in [0.1, 0.15) is 17.8 Å². The number of amides is 1. The number of hydrogen-bond donors (Lipinski definition) is 1. The van der Waals surface area contributed by atoms with Gasteiger partial charge in [-0.2, -0.15) is 0 Å². The highest BCUT2D eigenvalue weighted by atomic mass is 16.1. The molecule has 0 saturated heterocycles. The van der Waals surface area contributed by atoms with Crippen molar-refractivity contribution in [3.8, 4) is 0 Å². The second-order valence-electron chi connectivity index (χ2n) is 6.62. The molecule has 2 aromatic heterocycles. The molecule has 0 saturated carbocycles. The first-order chi connectivity index (χ1) is 13.0. The molecule has 3 aromatic rings. The zero-order chi connectivity index (χ0) is 19.2. The van der Waals surface area contributed by atoms with Gasteiger partial charge in [-0.3, -0.25) is 9.78 Å². The molecule has 1 amide bonds. The minimum Gasteiger partial charge on any atom is -0.359 e. The van der Waals surface area contributed by atoms with E-state index in [4.69, 9.17) is 0 Å². The number of anilines is 2. The van der Waals surface area contributed by atoms with Crippen molar-refractivity contribution >= 4 is 17.4 Å². The topological polar surface area (TPSA) is 71.0 Å². The highest BCUT2D eigenvalue weighted by Crippen LogP contribution is 2.16. The van der Waals surface area contributed by atoms with E-state index in [1.54, 1.807) is 18.5 Å². The quantitative estimate of drug-likeness (QED) is 0.728. The third-order valence-electron chi connectivity index (χ3n) is 4.24. The van der Waals surface area contributed by atoms with E-state index in [1.807, 2.05) is 50.1 Å². The SMILES string of the molecule is Cc1cc(C)cc(NC(=O)c2cc(N(C)CCc3ccncc3)ncn2)c1. The van der Waals surface area contributed by atoms with Crippen molar-refractivity contribution in [2.45, 2.75) is 20.3 Å². The summed E-state index contributed by atoms with van der Waals surface area (Å²) in [5.41, 5.74) is 4.52. The Morgan fingerprint density at radius 2 is 1.74 bits per heavy atom. The van der Waals surface area contributed by atoms with Crippen LogP contribution in [0.4, 0.5) is 11.5 Å². The van der Waals surface area contributed by atoms with Crippen molar-refractivity contribution in [1.29, 1.82) is 0 Å². The van der Waals surface area contributed by atoms with Crippen molar-refractivity contribution in [3.05, 3.63) is 77.5 Å². The number of hydrogen-bond acceptors (Lipinski definition) is 5. The van der Waals surface area contributed by atoms with Gasteiger partial charge in [0.15, 0.2) is 0 Å². The van der Waals surface area contributed by atoms with Crippen LogP contribution >= 0.6 is 0 Å². The third kappa shape index (κ3) is 5.10. The van der Waals surface area contributed by atoms with Crippen LogP contribution in [0.3, 0.4) is 0 Å². The van der Waals surface area contributed by atoms with E-state index in [9.17, 15) is 4.79 Å². The summed E-state index contributed by atoms with van der Waals surface area (Å²) in [7, 11) is 1.95. The minimum absolute atomic E-state index is 0.244. The van der Waals surface area contributed by atoms with Crippen LogP contribution in [0.5, 0.6) is 0 Å². The number of aryl methyl sites for hydroxylation is 2. The molecule has 1 N–H and O–H groups in total. The molecular formula is C21H23N5O. The van der Waals surface area contributed by atoms with E-state index in [-0.39, 0.29) is 5.91 Å². The van der Waals surface area contributed by atoms with Crippen molar-refractivity contribution < 1.29 is 4.79 Å². The zero-order valence-corrected chi connectivity index (χ0v) is 15.8. The number of carbonyl (C=O) groups excluding carboxylic acids is 1. The summed E-state index contributed by atoms with van der Waals surface area (Å²) in [5, 5.41) is 2.91. The average molecular weight is 361 g/mol. The Kier molecular flexibility index (Phi) is 5.76. The highest BCUT2D eigenvalue weighted by molar-refractivity contribution is 6.03. The van der Waals surface area contributed by atoms with Gasteiger partial charge >= 0.3 is 0 Å². The Bertz CT molecular complexity index is 907. The largest absolute Gasteiger partial charge is 0.359 e. The fourth-order valence-corrected chi connectivity index (χ4v) is 2.88. The molecule has 0 spiro atoms. The lowest BCUT2D eigenvalue weighted by molar-refractivity contribution is 0.102. The van der Waals surface area contributed by atoms with Gasteiger partial charge in [0, 0.05) is 37.7 Å². The van der Waals surface area contributed by atoms with Gasteiger partial charge in [-0.1, -0.05) is 6.07 Å². The van der Waals surface area contributed by atoms with Crippen LogP contribution in [0, 0.1) is 13.8 Å². The summed E-state index contributed by atoms with van der Waals surface area (Å²) >= 11 is 0. The van der Waals surface area contributed by atoms with Crippen LogP contribution in [-0.2, 0) is 6.42 Å². The summed E-state index contributed by atoms with van der Waals surface area (Å²) < 4.78 is 0. The van der Waals surface area contributed by atoms with Gasteiger partial charge < -0.3 is 10.2 Å². The monoisotopic (exact) mass is 361 g/mol.